The van der Waals surface area contributed by atoms with Crippen molar-refractivity contribution in [2.75, 3.05) is 0 Å². The van der Waals surface area contributed by atoms with Crippen molar-refractivity contribution < 1.29 is 13.2 Å². The van der Waals surface area contributed by atoms with Crippen molar-refractivity contribution in [3.8, 4) is 11.8 Å². The average molecular weight is 429 g/mol. The number of halogens is 1. The van der Waals surface area contributed by atoms with Crippen molar-refractivity contribution in [2.45, 2.75) is 19.6 Å². The minimum atomic E-state index is -3.89. The van der Waals surface area contributed by atoms with Crippen molar-refractivity contribution in [2.24, 2.45) is 0 Å². The number of aromatic nitrogens is 2. The van der Waals surface area contributed by atoms with Crippen LogP contribution in [0.1, 0.15) is 32.9 Å². The summed E-state index contributed by atoms with van der Waals surface area (Å²) in [5, 5.41) is 13.7. The molecule has 1 N–H and O–H groups in total. The molecule has 1 aromatic heterocycles. The number of nitrogens with zero attached hydrogens (tertiary/aromatic N) is 3. The van der Waals surface area contributed by atoms with Gasteiger partial charge in [-0.2, -0.15) is 10.4 Å². The second-order valence-electron chi connectivity index (χ2n) is 6.44. The molecule has 1 amide bonds. The standard InChI is InChI=1S/C20H17ClN4O3S/c1-13-19(21)14(2)25(23-13)18-9-7-17(8-10-18)20(26)24-29(27,28)12-16-5-3-15(11-22)4-6-16/h3-10H,12H2,1-2H3,(H,24,26). The van der Waals surface area contributed by atoms with E-state index in [9.17, 15) is 13.2 Å². The summed E-state index contributed by atoms with van der Waals surface area (Å²) in [5.74, 6) is -1.09. The fourth-order valence-corrected chi connectivity index (χ4v) is 3.98. The van der Waals surface area contributed by atoms with Gasteiger partial charge in [-0.1, -0.05) is 23.7 Å². The molecule has 0 aliphatic carbocycles. The Kier molecular flexibility index (Phi) is 5.73. The van der Waals surface area contributed by atoms with E-state index in [-0.39, 0.29) is 11.3 Å². The largest absolute Gasteiger partial charge is 0.268 e. The van der Waals surface area contributed by atoms with Crippen LogP contribution < -0.4 is 4.72 Å². The second-order valence-corrected chi connectivity index (χ2v) is 8.54. The highest BCUT2D eigenvalue weighted by molar-refractivity contribution is 7.89. The lowest BCUT2D eigenvalue weighted by atomic mass is 10.2. The van der Waals surface area contributed by atoms with Gasteiger partial charge in [-0.3, -0.25) is 4.79 Å². The molecule has 0 saturated heterocycles. The maximum atomic E-state index is 12.3. The topological polar surface area (TPSA) is 105 Å². The van der Waals surface area contributed by atoms with E-state index in [2.05, 4.69) is 9.82 Å². The zero-order chi connectivity index (χ0) is 21.2. The highest BCUT2D eigenvalue weighted by atomic mass is 35.5. The van der Waals surface area contributed by atoms with E-state index < -0.39 is 15.9 Å². The molecular formula is C20H17ClN4O3S. The molecule has 0 saturated carbocycles. The predicted octanol–water partition coefficient (Wildman–Crippen LogP) is 3.27. The number of nitriles is 1. The monoisotopic (exact) mass is 428 g/mol. The van der Waals surface area contributed by atoms with Crippen molar-refractivity contribution in [1.82, 2.24) is 14.5 Å². The van der Waals surface area contributed by atoms with Gasteiger partial charge in [-0.15, -0.1) is 0 Å². The van der Waals surface area contributed by atoms with E-state index in [0.29, 0.717) is 27.5 Å². The first-order valence-electron chi connectivity index (χ1n) is 8.56. The first-order chi connectivity index (χ1) is 13.7. The van der Waals surface area contributed by atoms with Crippen molar-refractivity contribution >= 4 is 27.5 Å². The molecular weight excluding hydrogens is 412 g/mol. The number of sulfonamides is 1. The number of amides is 1. The molecule has 0 spiro atoms. The molecule has 3 aromatic rings. The lowest BCUT2D eigenvalue weighted by Gasteiger charge is -2.09. The van der Waals surface area contributed by atoms with Crippen LogP contribution in [0.2, 0.25) is 5.02 Å². The molecule has 0 unspecified atom stereocenters. The van der Waals surface area contributed by atoms with Crippen LogP contribution in [0, 0.1) is 25.2 Å². The molecule has 0 radical (unpaired) electrons. The molecule has 0 aliphatic heterocycles. The third-order valence-electron chi connectivity index (χ3n) is 4.26. The fourth-order valence-electron chi connectivity index (χ4n) is 2.76. The van der Waals surface area contributed by atoms with Gasteiger partial charge in [0.25, 0.3) is 5.91 Å². The summed E-state index contributed by atoms with van der Waals surface area (Å²) in [7, 11) is -3.89. The Morgan fingerprint density at radius 3 is 2.28 bits per heavy atom. The summed E-state index contributed by atoms with van der Waals surface area (Å²) in [6.45, 7) is 3.63. The molecule has 29 heavy (non-hydrogen) atoms. The van der Waals surface area contributed by atoms with Crippen LogP contribution in [0.4, 0.5) is 0 Å². The Labute approximate surface area is 173 Å². The highest BCUT2D eigenvalue weighted by Crippen LogP contribution is 2.22. The Bertz CT molecular complexity index is 1210. The molecule has 0 fully saturated rings. The van der Waals surface area contributed by atoms with Crippen molar-refractivity contribution in [1.29, 1.82) is 5.26 Å². The smallest absolute Gasteiger partial charge is 0.264 e. The lowest BCUT2D eigenvalue weighted by molar-refractivity contribution is 0.0981. The fraction of sp³-hybridized carbons (Fsp3) is 0.150. The summed E-state index contributed by atoms with van der Waals surface area (Å²) in [6.07, 6.45) is 0. The number of carbonyl (C=O) groups excluding carboxylic acids is 1. The second kappa shape index (κ2) is 8.07. The van der Waals surface area contributed by atoms with Crippen LogP contribution >= 0.6 is 11.6 Å². The number of carbonyl (C=O) groups is 1. The van der Waals surface area contributed by atoms with Gasteiger partial charge in [-0.25, -0.2) is 17.8 Å². The number of rotatable bonds is 5. The Morgan fingerprint density at radius 2 is 1.76 bits per heavy atom. The molecule has 2 aromatic carbocycles. The van der Waals surface area contributed by atoms with Gasteiger partial charge in [0.15, 0.2) is 0 Å². The summed E-state index contributed by atoms with van der Waals surface area (Å²) in [5.41, 5.74) is 3.27. The zero-order valence-electron chi connectivity index (χ0n) is 15.7. The van der Waals surface area contributed by atoms with Gasteiger partial charge in [0, 0.05) is 5.56 Å². The van der Waals surface area contributed by atoms with Gasteiger partial charge in [0.2, 0.25) is 10.0 Å². The average Bonchev–Trinajstić information content (AvgIpc) is 2.95. The van der Waals surface area contributed by atoms with E-state index in [1.165, 1.54) is 36.4 Å². The molecule has 7 nitrogen and oxygen atoms in total. The van der Waals surface area contributed by atoms with Gasteiger partial charge >= 0.3 is 0 Å². The van der Waals surface area contributed by atoms with E-state index in [1.807, 2.05) is 13.0 Å². The molecule has 0 aliphatic rings. The first-order valence-corrected chi connectivity index (χ1v) is 10.6. The van der Waals surface area contributed by atoms with E-state index >= 15 is 0 Å². The van der Waals surface area contributed by atoms with Crippen LogP contribution in [-0.4, -0.2) is 24.1 Å². The zero-order valence-corrected chi connectivity index (χ0v) is 17.3. The molecule has 9 heteroatoms. The Hall–Kier alpha value is -3.15. The summed E-state index contributed by atoms with van der Waals surface area (Å²) >= 11 is 6.16. The van der Waals surface area contributed by atoms with E-state index in [4.69, 9.17) is 16.9 Å². The van der Waals surface area contributed by atoms with Crippen molar-refractivity contribution in [3.63, 3.8) is 0 Å². The third kappa shape index (κ3) is 4.65. The molecule has 3 rings (SSSR count). The van der Waals surface area contributed by atoms with E-state index in [0.717, 1.165) is 5.69 Å². The van der Waals surface area contributed by atoms with Crippen LogP contribution in [0.5, 0.6) is 0 Å². The van der Waals surface area contributed by atoms with Gasteiger partial charge in [-0.05, 0) is 55.8 Å². The van der Waals surface area contributed by atoms with Gasteiger partial charge in [0.1, 0.15) is 0 Å². The quantitative estimate of drug-likeness (QED) is 0.671. The number of hydrogen-bond acceptors (Lipinski definition) is 5. The Balaban J connectivity index is 1.72. The molecule has 0 bridgehead atoms. The predicted molar refractivity (Wildman–Crippen MR) is 109 cm³/mol. The number of nitrogens with one attached hydrogen (secondary N) is 1. The molecule has 1 heterocycles. The molecule has 0 atom stereocenters. The number of aryl methyl sites for hydroxylation is 1. The Morgan fingerprint density at radius 1 is 1.14 bits per heavy atom. The normalized spacial score (nSPS) is 11.1. The number of hydrogen-bond donors (Lipinski definition) is 1. The lowest BCUT2D eigenvalue weighted by Crippen LogP contribution is -2.31. The highest BCUT2D eigenvalue weighted by Gasteiger charge is 2.17. The summed E-state index contributed by atoms with van der Waals surface area (Å²) < 4.78 is 28.3. The van der Waals surface area contributed by atoms with Crippen LogP contribution in [0.25, 0.3) is 5.69 Å². The van der Waals surface area contributed by atoms with Crippen molar-refractivity contribution in [3.05, 3.63) is 81.6 Å². The third-order valence-corrected chi connectivity index (χ3v) is 6.02. The van der Waals surface area contributed by atoms with Gasteiger partial charge in [0.05, 0.1) is 39.5 Å². The SMILES string of the molecule is Cc1nn(-c2ccc(C(=O)NS(=O)(=O)Cc3ccc(C#N)cc3)cc2)c(C)c1Cl. The maximum absolute atomic E-state index is 12.3. The van der Waals surface area contributed by atoms with Crippen LogP contribution in [0.15, 0.2) is 48.5 Å². The minimum absolute atomic E-state index is 0.199. The maximum Gasteiger partial charge on any atom is 0.264 e. The first kappa shape index (κ1) is 20.6. The van der Waals surface area contributed by atoms with Crippen LogP contribution in [-0.2, 0) is 15.8 Å². The van der Waals surface area contributed by atoms with Gasteiger partial charge < -0.3 is 0 Å². The minimum Gasteiger partial charge on any atom is -0.268 e. The molecule has 148 valence electrons. The summed E-state index contributed by atoms with van der Waals surface area (Å²) in [4.78, 5) is 12.3. The van der Waals surface area contributed by atoms with Crippen LogP contribution in [0.3, 0.4) is 0 Å². The van der Waals surface area contributed by atoms with E-state index in [1.54, 1.807) is 23.7 Å². The summed E-state index contributed by atoms with van der Waals surface area (Å²) in [6, 6.07) is 14.5. The number of benzene rings is 2.